The van der Waals surface area contributed by atoms with Gasteiger partial charge in [-0.3, -0.25) is 0 Å². The molecule has 1 heterocycles. The average Bonchev–Trinajstić information content (AvgIpc) is 2.75. The van der Waals surface area contributed by atoms with Crippen molar-refractivity contribution in [1.82, 2.24) is 4.98 Å². The maximum Gasteiger partial charge on any atom is 0.123 e. The van der Waals surface area contributed by atoms with E-state index in [1.54, 1.807) is 11.3 Å². The first kappa shape index (κ1) is 15.0. The second-order valence-electron chi connectivity index (χ2n) is 4.82. The third kappa shape index (κ3) is 3.57. The fourth-order valence-corrected chi connectivity index (χ4v) is 3.30. The van der Waals surface area contributed by atoms with Crippen LogP contribution in [0.5, 0.6) is 0 Å². The second kappa shape index (κ2) is 6.35. The molecule has 2 aromatic rings. The standard InChI is InChI=1S/C14H16BrClN2S/c1-8(2)5-12-13(7-17)19-14(18-12)9-3-4-11(16)10(15)6-9/h3-4,6,8H,5,7,17H2,1-2H3. The molecule has 2 nitrogen and oxygen atoms in total. The van der Waals surface area contributed by atoms with Gasteiger partial charge in [0.25, 0.3) is 0 Å². The van der Waals surface area contributed by atoms with Gasteiger partial charge in [0.2, 0.25) is 0 Å². The molecule has 2 rings (SSSR count). The van der Waals surface area contributed by atoms with E-state index in [0.29, 0.717) is 17.5 Å². The Hall–Kier alpha value is -0.420. The molecule has 0 bridgehead atoms. The van der Waals surface area contributed by atoms with E-state index in [4.69, 9.17) is 22.3 Å². The lowest BCUT2D eigenvalue weighted by molar-refractivity contribution is 0.634. The van der Waals surface area contributed by atoms with Crippen molar-refractivity contribution in [2.75, 3.05) is 0 Å². The van der Waals surface area contributed by atoms with Gasteiger partial charge in [0.05, 0.1) is 10.7 Å². The zero-order valence-corrected chi connectivity index (χ0v) is 14.1. The van der Waals surface area contributed by atoms with Gasteiger partial charge in [0, 0.05) is 21.5 Å². The number of nitrogens with two attached hydrogens (primary N) is 1. The van der Waals surface area contributed by atoms with Gasteiger partial charge < -0.3 is 5.73 Å². The lowest BCUT2D eigenvalue weighted by Crippen LogP contribution is -2.01. The SMILES string of the molecule is CC(C)Cc1nc(-c2ccc(Cl)c(Br)c2)sc1CN. The monoisotopic (exact) mass is 358 g/mol. The van der Waals surface area contributed by atoms with E-state index in [1.807, 2.05) is 18.2 Å². The minimum Gasteiger partial charge on any atom is -0.326 e. The van der Waals surface area contributed by atoms with Crippen molar-refractivity contribution in [3.05, 3.63) is 38.3 Å². The Morgan fingerprint density at radius 1 is 1.42 bits per heavy atom. The van der Waals surface area contributed by atoms with Gasteiger partial charge in [-0.15, -0.1) is 11.3 Å². The molecule has 5 heteroatoms. The molecule has 0 aliphatic rings. The number of rotatable bonds is 4. The molecule has 19 heavy (non-hydrogen) atoms. The van der Waals surface area contributed by atoms with E-state index in [2.05, 4.69) is 29.8 Å². The average molecular weight is 360 g/mol. The van der Waals surface area contributed by atoms with Crippen LogP contribution in [0.1, 0.15) is 24.4 Å². The predicted octanol–water partition coefficient (Wildman–Crippen LogP) is 4.88. The number of halogens is 2. The van der Waals surface area contributed by atoms with Crippen LogP contribution in [0.3, 0.4) is 0 Å². The Balaban J connectivity index is 2.39. The number of hydrogen-bond donors (Lipinski definition) is 1. The predicted molar refractivity (Wildman–Crippen MR) is 86.7 cm³/mol. The van der Waals surface area contributed by atoms with Crippen LogP contribution in [0.15, 0.2) is 22.7 Å². The molecule has 0 saturated carbocycles. The molecule has 1 aromatic heterocycles. The van der Waals surface area contributed by atoms with Gasteiger partial charge in [-0.1, -0.05) is 31.5 Å². The van der Waals surface area contributed by atoms with Crippen LogP contribution in [-0.4, -0.2) is 4.98 Å². The van der Waals surface area contributed by atoms with E-state index in [-0.39, 0.29) is 0 Å². The zero-order chi connectivity index (χ0) is 14.0. The highest BCUT2D eigenvalue weighted by Crippen LogP contribution is 2.33. The molecule has 0 unspecified atom stereocenters. The molecular formula is C14H16BrClN2S. The molecule has 1 aromatic carbocycles. The van der Waals surface area contributed by atoms with Gasteiger partial charge in [0.1, 0.15) is 5.01 Å². The van der Waals surface area contributed by atoms with Gasteiger partial charge in [-0.25, -0.2) is 4.98 Å². The third-order valence-corrected chi connectivity index (χ3v) is 5.11. The maximum absolute atomic E-state index is 6.02. The summed E-state index contributed by atoms with van der Waals surface area (Å²) in [4.78, 5) is 5.91. The smallest absolute Gasteiger partial charge is 0.123 e. The number of benzene rings is 1. The molecule has 0 atom stereocenters. The summed E-state index contributed by atoms with van der Waals surface area (Å²) in [5, 5.41) is 1.72. The van der Waals surface area contributed by atoms with E-state index in [1.165, 1.54) is 4.88 Å². The van der Waals surface area contributed by atoms with E-state index in [9.17, 15) is 0 Å². The van der Waals surface area contributed by atoms with Crippen LogP contribution >= 0.6 is 38.9 Å². The van der Waals surface area contributed by atoms with E-state index in [0.717, 1.165) is 27.2 Å². The number of nitrogens with zero attached hydrogens (tertiary/aromatic N) is 1. The molecule has 0 radical (unpaired) electrons. The highest BCUT2D eigenvalue weighted by molar-refractivity contribution is 9.10. The molecule has 102 valence electrons. The fourth-order valence-electron chi connectivity index (χ4n) is 1.84. The fraction of sp³-hybridized carbons (Fsp3) is 0.357. The summed E-state index contributed by atoms with van der Waals surface area (Å²) >= 11 is 11.1. The van der Waals surface area contributed by atoms with Crippen molar-refractivity contribution < 1.29 is 0 Å². The van der Waals surface area contributed by atoms with E-state index < -0.39 is 0 Å². The minimum absolute atomic E-state index is 0.550. The van der Waals surface area contributed by atoms with Crippen molar-refractivity contribution in [3.63, 3.8) is 0 Å². The summed E-state index contributed by atoms with van der Waals surface area (Å²) in [5.74, 6) is 0.581. The number of aromatic nitrogens is 1. The summed E-state index contributed by atoms with van der Waals surface area (Å²) in [6, 6.07) is 5.87. The highest BCUT2D eigenvalue weighted by atomic mass is 79.9. The summed E-state index contributed by atoms with van der Waals surface area (Å²) in [5.41, 5.74) is 8.02. The van der Waals surface area contributed by atoms with Crippen LogP contribution in [0.25, 0.3) is 10.6 Å². The topological polar surface area (TPSA) is 38.9 Å². The van der Waals surface area contributed by atoms with Gasteiger partial charge in [0.15, 0.2) is 0 Å². The first-order valence-corrected chi connectivity index (χ1v) is 8.14. The van der Waals surface area contributed by atoms with Gasteiger partial charge >= 0.3 is 0 Å². The summed E-state index contributed by atoms with van der Waals surface area (Å²) in [6.45, 7) is 4.94. The Labute approximate surface area is 131 Å². The van der Waals surface area contributed by atoms with Crippen molar-refractivity contribution in [2.24, 2.45) is 11.7 Å². The molecule has 2 N–H and O–H groups in total. The van der Waals surface area contributed by atoms with Crippen LogP contribution in [0.4, 0.5) is 0 Å². The molecule has 0 saturated heterocycles. The van der Waals surface area contributed by atoms with Gasteiger partial charge in [-0.2, -0.15) is 0 Å². The Morgan fingerprint density at radius 2 is 2.16 bits per heavy atom. The van der Waals surface area contributed by atoms with E-state index >= 15 is 0 Å². The number of thiazole rings is 1. The third-order valence-electron chi connectivity index (χ3n) is 2.73. The lowest BCUT2D eigenvalue weighted by atomic mass is 10.1. The number of hydrogen-bond acceptors (Lipinski definition) is 3. The molecule has 0 spiro atoms. The Morgan fingerprint density at radius 3 is 2.74 bits per heavy atom. The van der Waals surface area contributed by atoms with Crippen LogP contribution in [0.2, 0.25) is 5.02 Å². The molecule has 0 aliphatic carbocycles. The van der Waals surface area contributed by atoms with Crippen molar-refractivity contribution in [1.29, 1.82) is 0 Å². The first-order chi connectivity index (χ1) is 9.01. The Bertz CT molecular complexity index is 581. The maximum atomic E-state index is 6.02. The largest absolute Gasteiger partial charge is 0.326 e. The van der Waals surface area contributed by atoms with Crippen LogP contribution in [0, 0.1) is 5.92 Å². The second-order valence-corrected chi connectivity index (χ2v) is 7.17. The summed E-state index contributed by atoms with van der Waals surface area (Å²) in [7, 11) is 0. The normalized spacial score (nSPS) is 11.3. The molecule has 0 fully saturated rings. The summed E-state index contributed by atoms with van der Waals surface area (Å²) in [6.07, 6.45) is 0.970. The Kier molecular flexibility index (Phi) is 5.01. The van der Waals surface area contributed by atoms with Gasteiger partial charge in [-0.05, 0) is 40.4 Å². The first-order valence-electron chi connectivity index (χ1n) is 6.15. The zero-order valence-electron chi connectivity index (χ0n) is 10.9. The molecular weight excluding hydrogens is 344 g/mol. The minimum atomic E-state index is 0.550. The highest BCUT2D eigenvalue weighted by Gasteiger charge is 2.13. The van der Waals surface area contributed by atoms with Crippen LogP contribution in [-0.2, 0) is 13.0 Å². The summed E-state index contributed by atoms with van der Waals surface area (Å²) < 4.78 is 0.890. The van der Waals surface area contributed by atoms with Crippen LogP contribution < -0.4 is 5.73 Å². The molecule has 0 amide bonds. The molecule has 0 aliphatic heterocycles. The van der Waals surface area contributed by atoms with Crippen molar-refractivity contribution in [3.8, 4) is 10.6 Å². The quantitative estimate of drug-likeness (QED) is 0.844. The lowest BCUT2D eigenvalue weighted by Gasteiger charge is -2.02. The van der Waals surface area contributed by atoms with Crippen molar-refractivity contribution >= 4 is 38.9 Å². The van der Waals surface area contributed by atoms with Crippen molar-refractivity contribution in [2.45, 2.75) is 26.8 Å².